The van der Waals surface area contributed by atoms with Gasteiger partial charge < -0.3 is 4.90 Å². The van der Waals surface area contributed by atoms with Crippen LogP contribution in [0.5, 0.6) is 0 Å². The van der Waals surface area contributed by atoms with E-state index in [2.05, 4.69) is 0 Å². The molecule has 170 valence electrons. The number of amides is 3. The second kappa shape index (κ2) is 7.82. The predicted molar refractivity (Wildman–Crippen MR) is 125 cm³/mol. The molecule has 0 aromatic heterocycles. The summed E-state index contributed by atoms with van der Waals surface area (Å²) in [6, 6.07) is 18.2. The number of hydrogen-bond donors (Lipinski definition) is 0. The minimum absolute atomic E-state index is 0.0542. The van der Waals surface area contributed by atoms with Gasteiger partial charge in [-0.15, -0.1) is 0 Å². The van der Waals surface area contributed by atoms with Crippen molar-refractivity contribution in [2.75, 3.05) is 4.90 Å². The van der Waals surface area contributed by atoms with Crippen LogP contribution < -0.4 is 4.90 Å². The lowest BCUT2D eigenvalue weighted by atomic mass is 9.49. The van der Waals surface area contributed by atoms with Crippen LogP contribution in [-0.4, -0.2) is 28.7 Å². The first kappa shape index (κ1) is 20.6. The summed E-state index contributed by atoms with van der Waals surface area (Å²) in [5, 5.41) is 0. The molecule has 4 saturated carbocycles. The SMILES string of the molecule is O=C1CC(N(Cc2ccccc2)C(=O)C23CC4CC(CC(C4)C2)C3)C(=O)N1c1ccccc1. The normalized spacial score (nSPS) is 32.4. The molecule has 4 bridgehead atoms. The van der Waals surface area contributed by atoms with Gasteiger partial charge in [0.25, 0.3) is 5.91 Å². The second-order valence-corrected chi connectivity index (χ2v) is 10.7. The lowest BCUT2D eigenvalue weighted by Crippen LogP contribution is -2.57. The molecule has 1 aliphatic heterocycles. The van der Waals surface area contributed by atoms with Crippen molar-refractivity contribution in [1.29, 1.82) is 0 Å². The second-order valence-electron chi connectivity index (χ2n) is 10.7. The molecule has 0 N–H and O–H groups in total. The topological polar surface area (TPSA) is 57.7 Å². The molecule has 1 unspecified atom stereocenters. The van der Waals surface area contributed by atoms with Gasteiger partial charge in [-0.1, -0.05) is 48.5 Å². The van der Waals surface area contributed by atoms with E-state index < -0.39 is 6.04 Å². The molecule has 1 atom stereocenters. The number of carbonyl (C=O) groups excluding carboxylic acids is 3. The Morgan fingerprint density at radius 3 is 1.97 bits per heavy atom. The van der Waals surface area contributed by atoms with Crippen molar-refractivity contribution in [2.24, 2.45) is 23.2 Å². The zero-order chi connectivity index (χ0) is 22.6. The first-order valence-corrected chi connectivity index (χ1v) is 12.3. The molecule has 2 aromatic carbocycles. The summed E-state index contributed by atoms with van der Waals surface area (Å²) in [5.74, 6) is 1.51. The number of carbonyl (C=O) groups is 3. The maximum atomic E-state index is 14.3. The molecule has 1 saturated heterocycles. The van der Waals surface area contributed by atoms with Gasteiger partial charge in [-0.2, -0.15) is 0 Å². The molecule has 7 rings (SSSR count). The monoisotopic (exact) mass is 442 g/mol. The third kappa shape index (κ3) is 3.49. The molecular formula is C28H30N2O3. The molecule has 2 aromatic rings. The van der Waals surface area contributed by atoms with Crippen LogP contribution >= 0.6 is 0 Å². The maximum absolute atomic E-state index is 14.3. The van der Waals surface area contributed by atoms with Gasteiger partial charge in [0.15, 0.2) is 0 Å². The fraction of sp³-hybridized carbons (Fsp3) is 0.464. The van der Waals surface area contributed by atoms with Gasteiger partial charge in [-0.3, -0.25) is 14.4 Å². The lowest BCUT2D eigenvalue weighted by molar-refractivity contribution is -0.162. The zero-order valence-corrected chi connectivity index (χ0v) is 18.9. The fourth-order valence-corrected chi connectivity index (χ4v) is 7.49. The molecule has 0 spiro atoms. The standard InChI is InChI=1S/C28H30N2O3/c31-25-14-24(26(32)30(25)23-9-5-2-6-10-23)29(18-19-7-3-1-4-8-19)27(33)28-15-20-11-21(16-28)13-22(12-20)17-28/h1-10,20-22,24H,11-18H2. The van der Waals surface area contributed by atoms with Crippen LogP contribution in [0.25, 0.3) is 0 Å². The van der Waals surface area contributed by atoms with Crippen molar-refractivity contribution in [2.45, 2.75) is 57.5 Å². The Labute approximate surface area is 194 Å². The van der Waals surface area contributed by atoms with E-state index in [1.165, 1.54) is 24.2 Å². The van der Waals surface area contributed by atoms with Crippen LogP contribution in [0.2, 0.25) is 0 Å². The van der Waals surface area contributed by atoms with Crippen molar-refractivity contribution >= 4 is 23.4 Å². The zero-order valence-electron chi connectivity index (χ0n) is 18.9. The average molecular weight is 443 g/mol. The summed E-state index contributed by atoms with van der Waals surface area (Å²) in [7, 11) is 0. The van der Waals surface area contributed by atoms with Gasteiger partial charge in [0.2, 0.25) is 11.8 Å². The molecular weight excluding hydrogens is 412 g/mol. The smallest absolute Gasteiger partial charge is 0.257 e. The molecule has 3 amide bonds. The summed E-state index contributed by atoms with van der Waals surface area (Å²) in [4.78, 5) is 44.0. The highest BCUT2D eigenvalue weighted by Gasteiger charge is 2.57. The molecule has 5 heteroatoms. The van der Waals surface area contributed by atoms with E-state index in [0.29, 0.717) is 30.0 Å². The highest BCUT2D eigenvalue weighted by molar-refractivity contribution is 6.23. The van der Waals surface area contributed by atoms with Gasteiger partial charge in [-0.25, -0.2) is 4.90 Å². The number of benzene rings is 2. The van der Waals surface area contributed by atoms with E-state index in [0.717, 1.165) is 24.8 Å². The lowest BCUT2D eigenvalue weighted by Gasteiger charge is -2.57. The molecule has 5 aliphatic rings. The highest BCUT2D eigenvalue weighted by Crippen LogP contribution is 2.60. The molecule has 5 fully saturated rings. The fourth-order valence-electron chi connectivity index (χ4n) is 7.49. The minimum atomic E-state index is -0.738. The number of para-hydroxylation sites is 1. The molecule has 5 nitrogen and oxygen atoms in total. The number of imide groups is 1. The van der Waals surface area contributed by atoms with Gasteiger partial charge in [-0.05, 0) is 74.0 Å². The minimum Gasteiger partial charge on any atom is -0.325 e. The summed E-state index contributed by atoms with van der Waals surface area (Å²) >= 11 is 0. The number of nitrogens with zero attached hydrogens (tertiary/aromatic N) is 2. The van der Waals surface area contributed by atoms with Gasteiger partial charge in [0, 0.05) is 6.54 Å². The highest BCUT2D eigenvalue weighted by atomic mass is 16.2. The van der Waals surface area contributed by atoms with Crippen LogP contribution in [0.15, 0.2) is 60.7 Å². The van der Waals surface area contributed by atoms with E-state index in [4.69, 9.17) is 0 Å². The molecule has 0 radical (unpaired) electrons. The number of hydrogen-bond acceptors (Lipinski definition) is 3. The summed E-state index contributed by atoms with van der Waals surface area (Å²) in [6.07, 6.45) is 6.66. The van der Waals surface area contributed by atoms with Crippen molar-refractivity contribution in [3.05, 3.63) is 66.2 Å². The predicted octanol–water partition coefficient (Wildman–Crippen LogP) is 4.56. The van der Waals surface area contributed by atoms with Crippen LogP contribution in [-0.2, 0) is 20.9 Å². The number of rotatable bonds is 5. The summed E-state index contributed by atoms with van der Waals surface area (Å²) in [5.41, 5.74) is 1.22. The third-order valence-corrected chi connectivity index (χ3v) is 8.46. The Morgan fingerprint density at radius 1 is 0.848 bits per heavy atom. The van der Waals surface area contributed by atoms with Crippen molar-refractivity contribution < 1.29 is 14.4 Å². The Kier molecular flexibility index (Phi) is 4.89. The quantitative estimate of drug-likeness (QED) is 0.638. The van der Waals surface area contributed by atoms with E-state index in [9.17, 15) is 14.4 Å². The third-order valence-electron chi connectivity index (χ3n) is 8.46. The van der Waals surface area contributed by atoms with Crippen molar-refractivity contribution in [1.82, 2.24) is 4.90 Å². The van der Waals surface area contributed by atoms with Crippen LogP contribution in [0.3, 0.4) is 0 Å². The van der Waals surface area contributed by atoms with Gasteiger partial charge in [0.1, 0.15) is 6.04 Å². The molecule has 33 heavy (non-hydrogen) atoms. The average Bonchev–Trinajstić information content (AvgIpc) is 3.11. The Hall–Kier alpha value is -2.95. The Balaban J connectivity index is 1.35. The Bertz CT molecular complexity index is 1050. The van der Waals surface area contributed by atoms with Gasteiger partial charge in [0.05, 0.1) is 17.5 Å². The molecule has 4 aliphatic carbocycles. The first-order valence-electron chi connectivity index (χ1n) is 12.3. The van der Waals surface area contributed by atoms with E-state index in [-0.39, 0.29) is 29.6 Å². The first-order chi connectivity index (χ1) is 16.0. The Morgan fingerprint density at radius 2 is 1.39 bits per heavy atom. The van der Waals surface area contributed by atoms with Crippen LogP contribution in [0, 0.1) is 23.2 Å². The number of anilines is 1. The van der Waals surface area contributed by atoms with E-state index in [1.54, 1.807) is 17.0 Å². The van der Waals surface area contributed by atoms with Crippen molar-refractivity contribution in [3.8, 4) is 0 Å². The van der Waals surface area contributed by atoms with Crippen LogP contribution in [0.4, 0.5) is 5.69 Å². The summed E-state index contributed by atoms with van der Waals surface area (Å²) in [6.45, 7) is 0.369. The molecule has 1 heterocycles. The van der Waals surface area contributed by atoms with E-state index >= 15 is 0 Å². The van der Waals surface area contributed by atoms with E-state index in [1.807, 2.05) is 48.5 Å². The maximum Gasteiger partial charge on any atom is 0.257 e. The van der Waals surface area contributed by atoms with Crippen LogP contribution in [0.1, 0.15) is 50.5 Å². The van der Waals surface area contributed by atoms with Crippen molar-refractivity contribution in [3.63, 3.8) is 0 Å². The van der Waals surface area contributed by atoms with Gasteiger partial charge >= 0.3 is 0 Å². The largest absolute Gasteiger partial charge is 0.325 e. The summed E-state index contributed by atoms with van der Waals surface area (Å²) < 4.78 is 0.